The molecule has 164 valence electrons. The monoisotopic (exact) mass is 413 g/mol. The molecule has 9 heteroatoms. The fraction of sp³-hybridized carbons (Fsp3) is 0.600. The smallest absolute Gasteiger partial charge is 0.379 e. The van der Waals surface area contributed by atoms with E-state index in [-0.39, 0.29) is 13.2 Å². The van der Waals surface area contributed by atoms with Crippen molar-refractivity contribution >= 4 is 11.8 Å². The van der Waals surface area contributed by atoms with Crippen LogP contribution in [0.5, 0.6) is 0 Å². The van der Waals surface area contributed by atoms with Crippen LogP contribution < -0.4 is 5.73 Å². The summed E-state index contributed by atoms with van der Waals surface area (Å²) < 4.78 is 31.3. The van der Waals surface area contributed by atoms with Gasteiger partial charge in [0.25, 0.3) is 5.78 Å². The van der Waals surface area contributed by atoms with Gasteiger partial charge in [0.2, 0.25) is 0 Å². The van der Waals surface area contributed by atoms with Crippen molar-refractivity contribution in [3.05, 3.63) is 35.9 Å². The molecule has 0 amide bonds. The molecule has 1 aromatic carbocycles. The van der Waals surface area contributed by atoms with E-state index >= 15 is 0 Å². The molecule has 0 aliphatic rings. The van der Waals surface area contributed by atoms with Gasteiger partial charge in [-0.2, -0.15) is 0 Å². The summed E-state index contributed by atoms with van der Waals surface area (Å²) in [5.41, 5.74) is 5.60. The van der Waals surface area contributed by atoms with Crippen molar-refractivity contribution in [2.75, 3.05) is 79.2 Å². The summed E-state index contributed by atoms with van der Waals surface area (Å²) in [5, 5.41) is 0. The van der Waals surface area contributed by atoms with Crippen LogP contribution in [0.15, 0.2) is 30.3 Å². The first-order valence-corrected chi connectivity index (χ1v) is 9.61. The second-order valence-corrected chi connectivity index (χ2v) is 5.68. The van der Waals surface area contributed by atoms with Crippen LogP contribution in [0.4, 0.5) is 0 Å². The average molecular weight is 413 g/mol. The molecule has 0 radical (unpaired) electrons. The van der Waals surface area contributed by atoms with Crippen LogP contribution in [0, 0.1) is 0 Å². The third-order valence-corrected chi connectivity index (χ3v) is 3.43. The van der Waals surface area contributed by atoms with Gasteiger partial charge in [-0.25, -0.2) is 4.79 Å². The number of hydrogen-bond donors (Lipinski definition) is 1. The average Bonchev–Trinajstić information content (AvgIpc) is 2.75. The third kappa shape index (κ3) is 13.9. The minimum atomic E-state index is -0.889. The molecule has 0 saturated carbocycles. The van der Waals surface area contributed by atoms with E-state index in [1.54, 1.807) is 30.3 Å². The lowest BCUT2D eigenvalue weighted by Gasteiger charge is -2.08. The van der Waals surface area contributed by atoms with Crippen LogP contribution in [0.2, 0.25) is 0 Å². The second kappa shape index (κ2) is 18.2. The Labute approximate surface area is 171 Å². The standard InChI is InChI=1S/C20H31NO8/c21-6-7-24-8-9-25-10-11-26-12-13-27-14-15-28-16-17-29-20(23)19(22)18-4-2-1-3-5-18/h1-5H,6-17,21H2. The van der Waals surface area contributed by atoms with Gasteiger partial charge < -0.3 is 34.2 Å². The lowest BCUT2D eigenvalue weighted by Crippen LogP contribution is -2.20. The Kier molecular flexibility index (Phi) is 15.8. The van der Waals surface area contributed by atoms with Crippen molar-refractivity contribution in [3.63, 3.8) is 0 Å². The van der Waals surface area contributed by atoms with Crippen LogP contribution in [-0.2, 0) is 33.2 Å². The van der Waals surface area contributed by atoms with Gasteiger partial charge in [0, 0.05) is 12.1 Å². The van der Waals surface area contributed by atoms with Gasteiger partial charge in [-0.15, -0.1) is 0 Å². The van der Waals surface area contributed by atoms with Gasteiger partial charge in [0.1, 0.15) is 6.61 Å². The van der Waals surface area contributed by atoms with Crippen molar-refractivity contribution in [1.29, 1.82) is 0 Å². The SMILES string of the molecule is NCCOCCOCCOCCOCCOCCOC(=O)C(=O)c1ccccc1. The molecule has 0 spiro atoms. The highest BCUT2D eigenvalue weighted by Crippen LogP contribution is 2.01. The molecule has 1 aromatic rings. The molecule has 0 aliphatic heterocycles. The Hall–Kier alpha value is -1.88. The Morgan fingerprint density at radius 2 is 1.03 bits per heavy atom. The summed E-state index contributed by atoms with van der Waals surface area (Å²) in [6, 6.07) is 8.26. The quantitative estimate of drug-likeness (QED) is 0.149. The van der Waals surface area contributed by atoms with Gasteiger partial charge in [0.05, 0.1) is 66.1 Å². The number of ketones is 1. The highest BCUT2D eigenvalue weighted by atomic mass is 16.6. The van der Waals surface area contributed by atoms with Gasteiger partial charge >= 0.3 is 5.97 Å². The zero-order valence-electron chi connectivity index (χ0n) is 16.7. The van der Waals surface area contributed by atoms with E-state index in [1.165, 1.54) is 0 Å². The highest BCUT2D eigenvalue weighted by Gasteiger charge is 2.16. The van der Waals surface area contributed by atoms with E-state index in [1.807, 2.05) is 0 Å². The number of ether oxygens (including phenoxy) is 6. The topological polar surface area (TPSA) is 116 Å². The maximum atomic E-state index is 11.8. The van der Waals surface area contributed by atoms with Crippen LogP contribution in [0.1, 0.15) is 10.4 Å². The first kappa shape index (κ1) is 25.2. The number of carbonyl (C=O) groups excluding carboxylic acids is 2. The lowest BCUT2D eigenvalue weighted by molar-refractivity contribution is -0.139. The molecule has 0 bridgehead atoms. The number of esters is 1. The van der Waals surface area contributed by atoms with Gasteiger partial charge in [-0.3, -0.25) is 4.79 Å². The number of Topliss-reactive ketones (excluding diaryl/α,β-unsaturated/α-hetero) is 1. The lowest BCUT2D eigenvalue weighted by atomic mass is 10.1. The summed E-state index contributed by atoms with van der Waals surface area (Å²) >= 11 is 0. The number of rotatable bonds is 19. The summed E-state index contributed by atoms with van der Waals surface area (Å²) in [5.74, 6) is -1.56. The molecule has 0 aliphatic carbocycles. The van der Waals surface area contributed by atoms with Crippen LogP contribution in [-0.4, -0.2) is 91.0 Å². The van der Waals surface area contributed by atoms with E-state index in [9.17, 15) is 9.59 Å². The molecule has 2 N–H and O–H groups in total. The van der Waals surface area contributed by atoms with E-state index in [0.29, 0.717) is 71.6 Å². The number of hydrogen-bond acceptors (Lipinski definition) is 9. The van der Waals surface area contributed by atoms with Crippen molar-refractivity contribution < 1.29 is 38.0 Å². The van der Waals surface area contributed by atoms with Gasteiger partial charge in [-0.1, -0.05) is 30.3 Å². The van der Waals surface area contributed by atoms with E-state index < -0.39 is 11.8 Å². The first-order chi connectivity index (χ1) is 14.3. The normalized spacial score (nSPS) is 10.8. The van der Waals surface area contributed by atoms with E-state index in [0.717, 1.165) is 0 Å². The Morgan fingerprint density at radius 3 is 1.48 bits per heavy atom. The Morgan fingerprint density at radius 1 is 0.621 bits per heavy atom. The van der Waals surface area contributed by atoms with E-state index in [2.05, 4.69) is 0 Å². The molecule has 0 saturated heterocycles. The highest BCUT2D eigenvalue weighted by molar-refractivity contribution is 6.40. The number of carbonyl (C=O) groups is 2. The fourth-order valence-corrected chi connectivity index (χ4v) is 2.03. The molecule has 0 unspecified atom stereocenters. The molecule has 0 aromatic heterocycles. The summed E-state index contributed by atoms with van der Waals surface area (Å²) in [4.78, 5) is 23.4. The summed E-state index contributed by atoms with van der Waals surface area (Å²) in [6.07, 6.45) is 0. The minimum absolute atomic E-state index is 0.0117. The van der Waals surface area contributed by atoms with Crippen molar-refractivity contribution in [2.45, 2.75) is 0 Å². The van der Waals surface area contributed by atoms with Crippen molar-refractivity contribution in [2.24, 2.45) is 5.73 Å². The first-order valence-electron chi connectivity index (χ1n) is 9.61. The summed E-state index contributed by atoms with van der Waals surface area (Å²) in [7, 11) is 0. The summed E-state index contributed by atoms with van der Waals surface area (Å²) in [6.45, 7) is 4.97. The van der Waals surface area contributed by atoms with Gasteiger partial charge in [-0.05, 0) is 0 Å². The van der Waals surface area contributed by atoms with Crippen molar-refractivity contribution in [1.82, 2.24) is 0 Å². The largest absolute Gasteiger partial charge is 0.457 e. The molecule has 1 rings (SSSR count). The molecule has 0 atom stereocenters. The molecular formula is C20H31NO8. The number of benzene rings is 1. The van der Waals surface area contributed by atoms with Crippen LogP contribution in [0.25, 0.3) is 0 Å². The predicted molar refractivity (Wildman–Crippen MR) is 105 cm³/mol. The molecule has 29 heavy (non-hydrogen) atoms. The second-order valence-electron chi connectivity index (χ2n) is 5.68. The molecule has 9 nitrogen and oxygen atoms in total. The van der Waals surface area contributed by atoms with Gasteiger partial charge in [0.15, 0.2) is 0 Å². The molecule has 0 fully saturated rings. The minimum Gasteiger partial charge on any atom is -0.457 e. The molecular weight excluding hydrogens is 382 g/mol. The maximum Gasteiger partial charge on any atom is 0.379 e. The zero-order chi connectivity index (χ0) is 21.0. The Balaban J connectivity index is 1.81. The van der Waals surface area contributed by atoms with Crippen LogP contribution >= 0.6 is 0 Å². The van der Waals surface area contributed by atoms with Crippen molar-refractivity contribution in [3.8, 4) is 0 Å². The van der Waals surface area contributed by atoms with E-state index in [4.69, 9.17) is 34.2 Å². The zero-order valence-corrected chi connectivity index (χ0v) is 16.7. The fourth-order valence-electron chi connectivity index (χ4n) is 2.03. The number of nitrogens with two attached hydrogens (primary N) is 1. The third-order valence-electron chi connectivity index (χ3n) is 3.43. The molecule has 0 heterocycles. The maximum absolute atomic E-state index is 11.8. The van der Waals surface area contributed by atoms with Crippen LogP contribution in [0.3, 0.4) is 0 Å². The predicted octanol–water partition coefficient (Wildman–Crippen LogP) is 0.454. The Bertz CT molecular complexity index is 541.